The highest BCUT2D eigenvalue weighted by atomic mass is 16.3. The highest BCUT2D eigenvalue weighted by Gasteiger charge is 2.21. The predicted octanol–water partition coefficient (Wildman–Crippen LogP) is 6.37. The number of allylic oxidation sites excluding steroid dienone is 1. The number of phenolic OH excluding ortho intramolecular Hbond substituents is 1. The smallest absolute Gasteiger partial charge is 0.227 e. The summed E-state index contributed by atoms with van der Waals surface area (Å²) in [5, 5.41) is 18.6. The van der Waals surface area contributed by atoms with Gasteiger partial charge in [0, 0.05) is 35.9 Å². The molecule has 0 atom stereocenters. The van der Waals surface area contributed by atoms with Crippen LogP contribution in [0.3, 0.4) is 0 Å². The van der Waals surface area contributed by atoms with Crippen LogP contribution in [0.15, 0.2) is 73.1 Å². The monoisotopic (exact) mass is 522 g/mol. The van der Waals surface area contributed by atoms with Gasteiger partial charge in [-0.05, 0) is 59.5 Å². The standard InChI is InChI=1S/C31H34N6O2/c1-19(34-26-18-20(31(2,3)4)17-24(32)29(26)39)28(38)23-11-12-25(22-10-6-5-9-21(22)23)35-27-13-14-33-30(36-27)37-15-7-8-16-37/h5-6,9-14,17-18,34,39H,1,7-8,15-16,32H2,2-4H3,(H,33,35,36). The Labute approximate surface area is 228 Å². The number of nitrogens with two attached hydrogens (primary N) is 1. The first-order valence-corrected chi connectivity index (χ1v) is 13.1. The van der Waals surface area contributed by atoms with E-state index in [2.05, 4.69) is 47.9 Å². The Balaban J connectivity index is 1.43. The fourth-order valence-corrected chi connectivity index (χ4v) is 4.80. The van der Waals surface area contributed by atoms with Gasteiger partial charge in [-0.2, -0.15) is 4.98 Å². The molecular formula is C31H34N6O2. The van der Waals surface area contributed by atoms with E-state index in [9.17, 15) is 9.90 Å². The van der Waals surface area contributed by atoms with E-state index in [0.717, 1.165) is 53.9 Å². The molecule has 0 radical (unpaired) electrons. The molecule has 1 aromatic heterocycles. The molecule has 1 aliphatic rings. The molecule has 5 N–H and O–H groups in total. The predicted molar refractivity (Wildman–Crippen MR) is 159 cm³/mol. The van der Waals surface area contributed by atoms with E-state index in [0.29, 0.717) is 17.1 Å². The van der Waals surface area contributed by atoms with Crippen molar-refractivity contribution in [3.8, 4) is 5.75 Å². The molecular weight excluding hydrogens is 488 g/mol. The summed E-state index contributed by atoms with van der Waals surface area (Å²) >= 11 is 0. The Morgan fingerprint density at radius 1 is 1.03 bits per heavy atom. The number of rotatable bonds is 7. The van der Waals surface area contributed by atoms with Gasteiger partial charge in [0.15, 0.2) is 5.75 Å². The van der Waals surface area contributed by atoms with Crippen LogP contribution in [-0.2, 0) is 5.41 Å². The molecule has 1 saturated heterocycles. The second-order valence-electron chi connectivity index (χ2n) is 10.9. The van der Waals surface area contributed by atoms with Crippen LogP contribution in [0.5, 0.6) is 5.75 Å². The van der Waals surface area contributed by atoms with E-state index in [1.807, 2.05) is 36.4 Å². The molecule has 4 aromatic rings. The van der Waals surface area contributed by atoms with Gasteiger partial charge in [-0.3, -0.25) is 4.79 Å². The van der Waals surface area contributed by atoms with Gasteiger partial charge in [0.25, 0.3) is 0 Å². The number of aromatic nitrogens is 2. The van der Waals surface area contributed by atoms with Gasteiger partial charge in [-0.1, -0.05) is 51.6 Å². The third-order valence-electron chi connectivity index (χ3n) is 7.03. The van der Waals surface area contributed by atoms with E-state index in [1.165, 1.54) is 0 Å². The highest BCUT2D eigenvalue weighted by Crippen LogP contribution is 2.37. The number of carbonyl (C=O) groups is 1. The summed E-state index contributed by atoms with van der Waals surface area (Å²) in [5.74, 6) is 1.01. The number of Topliss-reactive ketones (excluding diaryl/α,β-unsaturated/α-hetero) is 1. The SMILES string of the molecule is C=C(Nc1cc(C(C)(C)C)cc(N)c1O)C(=O)c1ccc(Nc2ccnc(N3CCCC3)n2)c2ccccc12. The first-order chi connectivity index (χ1) is 18.6. The number of nitrogens with one attached hydrogen (secondary N) is 2. The summed E-state index contributed by atoms with van der Waals surface area (Å²) < 4.78 is 0. The minimum atomic E-state index is -0.282. The topological polar surface area (TPSA) is 116 Å². The lowest BCUT2D eigenvalue weighted by Crippen LogP contribution is -2.20. The molecule has 39 heavy (non-hydrogen) atoms. The van der Waals surface area contributed by atoms with Crippen LogP contribution < -0.4 is 21.3 Å². The number of aromatic hydroxyl groups is 1. The Morgan fingerprint density at radius 3 is 2.46 bits per heavy atom. The van der Waals surface area contributed by atoms with Crippen molar-refractivity contribution in [1.29, 1.82) is 0 Å². The van der Waals surface area contributed by atoms with Crippen molar-refractivity contribution in [2.75, 3.05) is 34.4 Å². The summed E-state index contributed by atoms with van der Waals surface area (Å²) in [4.78, 5) is 24.9. The Morgan fingerprint density at radius 2 is 1.74 bits per heavy atom. The maximum Gasteiger partial charge on any atom is 0.227 e. The van der Waals surface area contributed by atoms with E-state index < -0.39 is 0 Å². The van der Waals surface area contributed by atoms with Crippen molar-refractivity contribution in [3.05, 3.63) is 84.2 Å². The highest BCUT2D eigenvalue weighted by molar-refractivity contribution is 6.18. The summed E-state index contributed by atoms with van der Waals surface area (Å²) in [6.45, 7) is 12.1. The van der Waals surface area contributed by atoms with Crippen molar-refractivity contribution in [1.82, 2.24) is 9.97 Å². The molecule has 3 aromatic carbocycles. The summed E-state index contributed by atoms with van der Waals surface area (Å²) in [6, 6.07) is 16.7. The van der Waals surface area contributed by atoms with Crippen molar-refractivity contribution in [3.63, 3.8) is 0 Å². The second-order valence-corrected chi connectivity index (χ2v) is 10.9. The number of hydrogen-bond acceptors (Lipinski definition) is 8. The number of hydrogen-bond donors (Lipinski definition) is 4. The van der Waals surface area contributed by atoms with Gasteiger partial charge in [0.05, 0.1) is 17.1 Å². The summed E-state index contributed by atoms with van der Waals surface area (Å²) in [5.41, 5.74) is 8.83. The van der Waals surface area contributed by atoms with Gasteiger partial charge in [0.1, 0.15) is 5.82 Å². The van der Waals surface area contributed by atoms with Gasteiger partial charge in [-0.15, -0.1) is 0 Å². The van der Waals surface area contributed by atoms with E-state index in [4.69, 9.17) is 10.7 Å². The third kappa shape index (κ3) is 5.36. The number of benzene rings is 3. The molecule has 2 heterocycles. The minimum absolute atomic E-state index is 0.112. The number of anilines is 5. The van der Waals surface area contributed by atoms with Crippen LogP contribution in [0.4, 0.5) is 28.8 Å². The van der Waals surface area contributed by atoms with Gasteiger partial charge < -0.3 is 26.4 Å². The number of fused-ring (bicyclic) bond motifs is 1. The van der Waals surface area contributed by atoms with Crippen LogP contribution in [0, 0.1) is 0 Å². The number of carbonyl (C=O) groups excluding carboxylic acids is 1. The lowest BCUT2D eigenvalue weighted by atomic mass is 9.86. The fraction of sp³-hybridized carbons (Fsp3) is 0.258. The summed E-state index contributed by atoms with van der Waals surface area (Å²) in [7, 11) is 0. The Hall–Kier alpha value is -4.59. The molecule has 0 unspecified atom stereocenters. The normalized spacial score (nSPS) is 13.5. The van der Waals surface area contributed by atoms with Crippen LogP contribution in [0.25, 0.3) is 10.8 Å². The van der Waals surface area contributed by atoms with Crippen LogP contribution in [-0.4, -0.2) is 33.9 Å². The molecule has 5 rings (SSSR count). The number of phenols is 1. The minimum Gasteiger partial charge on any atom is -0.504 e. The number of nitrogen functional groups attached to an aromatic ring is 1. The van der Waals surface area contributed by atoms with Crippen LogP contribution in [0.2, 0.25) is 0 Å². The molecule has 0 amide bonds. The molecule has 0 saturated carbocycles. The fourth-order valence-electron chi connectivity index (χ4n) is 4.80. The first kappa shape index (κ1) is 26.0. The number of ketones is 1. The van der Waals surface area contributed by atoms with Crippen LogP contribution >= 0.6 is 0 Å². The lowest BCUT2D eigenvalue weighted by Gasteiger charge is -2.22. The van der Waals surface area contributed by atoms with Crippen molar-refractivity contribution >= 4 is 45.4 Å². The molecule has 1 fully saturated rings. The van der Waals surface area contributed by atoms with E-state index in [1.54, 1.807) is 24.4 Å². The Bertz CT molecular complexity index is 1570. The molecule has 0 bridgehead atoms. The number of nitrogens with zero attached hydrogens (tertiary/aromatic N) is 3. The average Bonchev–Trinajstić information content (AvgIpc) is 3.46. The zero-order valence-corrected chi connectivity index (χ0v) is 22.6. The first-order valence-electron chi connectivity index (χ1n) is 13.1. The quantitative estimate of drug-likeness (QED) is 0.0958. The molecule has 8 heteroatoms. The molecule has 8 nitrogen and oxygen atoms in total. The second kappa shape index (κ2) is 10.3. The van der Waals surface area contributed by atoms with Crippen molar-refractivity contribution in [2.45, 2.75) is 39.0 Å². The van der Waals surface area contributed by atoms with E-state index >= 15 is 0 Å². The zero-order valence-electron chi connectivity index (χ0n) is 22.6. The Kier molecular flexibility index (Phi) is 6.87. The molecule has 1 aliphatic heterocycles. The van der Waals surface area contributed by atoms with Gasteiger partial charge in [-0.25, -0.2) is 4.98 Å². The molecule has 0 aliphatic carbocycles. The van der Waals surface area contributed by atoms with Gasteiger partial charge in [0.2, 0.25) is 11.7 Å². The van der Waals surface area contributed by atoms with Crippen LogP contribution in [0.1, 0.15) is 49.5 Å². The largest absolute Gasteiger partial charge is 0.504 e. The molecule has 200 valence electrons. The van der Waals surface area contributed by atoms with E-state index in [-0.39, 0.29) is 28.3 Å². The maximum atomic E-state index is 13.6. The lowest BCUT2D eigenvalue weighted by molar-refractivity contribution is 0.103. The maximum absolute atomic E-state index is 13.6. The van der Waals surface area contributed by atoms with Gasteiger partial charge >= 0.3 is 0 Å². The summed E-state index contributed by atoms with van der Waals surface area (Å²) in [6.07, 6.45) is 4.06. The van der Waals surface area contributed by atoms with Crippen molar-refractivity contribution in [2.24, 2.45) is 0 Å². The third-order valence-corrected chi connectivity index (χ3v) is 7.03. The zero-order chi connectivity index (χ0) is 27.7. The average molecular weight is 523 g/mol. The molecule has 0 spiro atoms. The van der Waals surface area contributed by atoms with Crippen molar-refractivity contribution < 1.29 is 9.90 Å².